The molecule has 0 aromatic heterocycles. The fourth-order valence-electron chi connectivity index (χ4n) is 6.62. The maximum atomic E-state index is 2.42. The van der Waals surface area contributed by atoms with Crippen LogP contribution >= 0.6 is 0 Å². The molecule has 0 radical (unpaired) electrons. The molecule has 0 heterocycles. The molecule has 0 aliphatic rings. The maximum Gasteiger partial charge on any atom is -0.00261 e. The van der Waals surface area contributed by atoms with E-state index in [-0.39, 0.29) is 10.8 Å². The summed E-state index contributed by atoms with van der Waals surface area (Å²) < 4.78 is 0. The van der Waals surface area contributed by atoms with Crippen molar-refractivity contribution in [2.24, 2.45) is 0 Å². The van der Waals surface area contributed by atoms with Crippen molar-refractivity contribution in [3.63, 3.8) is 0 Å². The quantitative estimate of drug-likeness (QED) is 0.186. The third kappa shape index (κ3) is 4.99. The lowest BCUT2D eigenvalue weighted by Crippen LogP contribution is -2.10. The van der Waals surface area contributed by atoms with Gasteiger partial charge in [-0.15, -0.1) is 0 Å². The SMILES string of the molecule is CC(C)(C)c1ccc(-c2ccc3c(-c4ccc5ccccc5c4)c4ccccc4c(-c4ccc(C(C)(C)C)cc4)c3c2)cc1. The van der Waals surface area contributed by atoms with E-state index in [2.05, 4.69) is 175 Å². The predicted octanol–water partition coefficient (Wildman–Crippen LogP) is 12.7. The summed E-state index contributed by atoms with van der Waals surface area (Å²) in [5, 5.41) is 7.66. The van der Waals surface area contributed by atoms with Gasteiger partial charge in [0.05, 0.1) is 0 Å². The Bertz CT molecular complexity index is 2150. The number of benzene rings is 7. The molecule has 7 aromatic carbocycles. The molecule has 0 aliphatic heterocycles. The Morgan fingerprint density at radius 3 is 1.36 bits per heavy atom. The van der Waals surface area contributed by atoms with Gasteiger partial charge in [-0.3, -0.25) is 0 Å². The highest BCUT2D eigenvalue weighted by molar-refractivity contribution is 6.22. The first kappa shape index (κ1) is 28.1. The molecule has 0 fully saturated rings. The van der Waals surface area contributed by atoms with Gasteiger partial charge >= 0.3 is 0 Å². The molecule has 7 aromatic rings. The molecule has 0 spiro atoms. The highest BCUT2D eigenvalue weighted by Crippen LogP contribution is 2.45. The maximum absolute atomic E-state index is 2.42. The van der Waals surface area contributed by atoms with Crippen LogP contribution in [0.15, 0.2) is 133 Å². The Morgan fingerprint density at radius 2 is 0.773 bits per heavy atom. The molecule has 44 heavy (non-hydrogen) atoms. The molecule has 216 valence electrons. The zero-order chi connectivity index (χ0) is 30.6. The summed E-state index contributed by atoms with van der Waals surface area (Å²) in [7, 11) is 0. The van der Waals surface area contributed by atoms with Crippen molar-refractivity contribution in [1.29, 1.82) is 0 Å². The van der Waals surface area contributed by atoms with E-state index < -0.39 is 0 Å². The van der Waals surface area contributed by atoms with Crippen LogP contribution in [-0.4, -0.2) is 0 Å². The fraction of sp³-hybridized carbons (Fsp3) is 0.182. The monoisotopic (exact) mass is 568 g/mol. The summed E-state index contributed by atoms with van der Waals surface area (Å²) in [5.74, 6) is 0. The molecule has 0 nitrogen and oxygen atoms in total. The zero-order valence-corrected chi connectivity index (χ0v) is 26.7. The lowest BCUT2D eigenvalue weighted by Gasteiger charge is -2.21. The third-order valence-corrected chi connectivity index (χ3v) is 9.19. The van der Waals surface area contributed by atoms with Gasteiger partial charge in [0.1, 0.15) is 0 Å². The second-order valence-corrected chi connectivity index (χ2v) is 14.3. The van der Waals surface area contributed by atoms with Gasteiger partial charge in [-0.1, -0.05) is 163 Å². The number of rotatable bonds is 3. The summed E-state index contributed by atoms with van der Waals surface area (Å²) in [6.07, 6.45) is 0. The molecule has 0 bridgehead atoms. The highest BCUT2D eigenvalue weighted by atomic mass is 14.2. The standard InChI is InChI=1S/C44H40/c1-43(2,3)35-22-17-30(18-23-35)33-21-26-39-40(28-33)41(31-19-24-36(25-20-31)44(4,5)6)37-13-9-10-14-38(37)42(39)34-16-15-29-11-7-8-12-32(29)27-34/h7-28H,1-6H3. The van der Waals surface area contributed by atoms with Gasteiger partial charge in [-0.2, -0.15) is 0 Å². The van der Waals surface area contributed by atoms with Crippen LogP contribution in [0.5, 0.6) is 0 Å². The van der Waals surface area contributed by atoms with E-state index >= 15 is 0 Å². The van der Waals surface area contributed by atoms with Crippen LogP contribution in [0.4, 0.5) is 0 Å². The van der Waals surface area contributed by atoms with E-state index in [1.54, 1.807) is 0 Å². The average Bonchev–Trinajstić information content (AvgIpc) is 3.02. The van der Waals surface area contributed by atoms with Crippen molar-refractivity contribution in [3.8, 4) is 33.4 Å². The number of hydrogen-bond acceptors (Lipinski definition) is 0. The van der Waals surface area contributed by atoms with Gasteiger partial charge in [0.25, 0.3) is 0 Å². The molecular formula is C44H40. The van der Waals surface area contributed by atoms with Gasteiger partial charge < -0.3 is 0 Å². The summed E-state index contributed by atoms with van der Waals surface area (Å²) in [6.45, 7) is 13.7. The molecule has 0 N–H and O–H groups in total. The van der Waals surface area contributed by atoms with Crippen LogP contribution in [0, 0.1) is 0 Å². The van der Waals surface area contributed by atoms with Crippen molar-refractivity contribution in [3.05, 3.63) is 145 Å². The van der Waals surface area contributed by atoms with Crippen LogP contribution in [0.3, 0.4) is 0 Å². The first-order valence-corrected chi connectivity index (χ1v) is 15.8. The number of hydrogen-bond donors (Lipinski definition) is 0. The van der Waals surface area contributed by atoms with Crippen LogP contribution in [0.1, 0.15) is 52.7 Å². The van der Waals surface area contributed by atoms with Crippen LogP contribution in [0.25, 0.3) is 65.7 Å². The minimum Gasteiger partial charge on any atom is -0.0616 e. The molecular weight excluding hydrogens is 528 g/mol. The van der Waals surface area contributed by atoms with E-state index in [1.807, 2.05) is 0 Å². The van der Waals surface area contributed by atoms with E-state index in [9.17, 15) is 0 Å². The van der Waals surface area contributed by atoms with E-state index in [4.69, 9.17) is 0 Å². The minimum absolute atomic E-state index is 0.106. The van der Waals surface area contributed by atoms with Gasteiger partial charge in [0, 0.05) is 0 Å². The van der Waals surface area contributed by atoms with Crippen LogP contribution < -0.4 is 0 Å². The van der Waals surface area contributed by atoms with Crippen LogP contribution in [-0.2, 0) is 10.8 Å². The highest BCUT2D eigenvalue weighted by Gasteiger charge is 2.20. The van der Waals surface area contributed by atoms with E-state index in [0.29, 0.717) is 0 Å². The fourth-order valence-corrected chi connectivity index (χ4v) is 6.62. The summed E-state index contributed by atoms with van der Waals surface area (Å²) in [5.41, 5.74) is 10.5. The molecule has 0 saturated carbocycles. The molecule has 0 aliphatic carbocycles. The topological polar surface area (TPSA) is 0 Å². The summed E-state index contributed by atoms with van der Waals surface area (Å²) in [6, 6.07) is 50.0. The summed E-state index contributed by atoms with van der Waals surface area (Å²) >= 11 is 0. The van der Waals surface area contributed by atoms with E-state index in [0.717, 1.165) is 0 Å². The Morgan fingerprint density at radius 1 is 0.318 bits per heavy atom. The predicted molar refractivity (Wildman–Crippen MR) is 193 cm³/mol. The first-order valence-electron chi connectivity index (χ1n) is 15.8. The molecule has 0 amide bonds. The van der Waals surface area contributed by atoms with Crippen molar-refractivity contribution >= 4 is 32.3 Å². The molecule has 0 saturated heterocycles. The second kappa shape index (κ2) is 10.5. The van der Waals surface area contributed by atoms with E-state index in [1.165, 1.54) is 76.8 Å². The van der Waals surface area contributed by atoms with Crippen LogP contribution in [0.2, 0.25) is 0 Å². The Hall–Kier alpha value is -4.68. The lowest BCUT2D eigenvalue weighted by atomic mass is 9.82. The van der Waals surface area contributed by atoms with Crippen molar-refractivity contribution < 1.29 is 0 Å². The van der Waals surface area contributed by atoms with Crippen molar-refractivity contribution in [2.45, 2.75) is 52.4 Å². The molecule has 0 heteroatoms. The Balaban J connectivity index is 1.54. The lowest BCUT2D eigenvalue weighted by molar-refractivity contribution is 0.590. The van der Waals surface area contributed by atoms with Gasteiger partial charge in [-0.05, 0) is 99.8 Å². The Labute approximate surface area is 262 Å². The smallest absolute Gasteiger partial charge is 0.00261 e. The van der Waals surface area contributed by atoms with Gasteiger partial charge in [-0.25, -0.2) is 0 Å². The third-order valence-electron chi connectivity index (χ3n) is 9.19. The largest absolute Gasteiger partial charge is 0.0616 e. The van der Waals surface area contributed by atoms with Gasteiger partial charge in [0.15, 0.2) is 0 Å². The minimum atomic E-state index is 0.106. The van der Waals surface area contributed by atoms with Crippen molar-refractivity contribution in [2.75, 3.05) is 0 Å². The first-order chi connectivity index (χ1) is 21.1. The molecule has 0 unspecified atom stereocenters. The Kier molecular flexibility index (Phi) is 6.70. The number of fused-ring (bicyclic) bond motifs is 3. The average molecular weight is 569 g/mol. The van der Waals surface area contributed by atoms with Gasteiger partial charge in [0.2, 0.25) is 0 Å². The van der Waals surface area contributed by atoms with Crippen molar-refractivity contribution in [1.82, 2.24) is 0 Å². The molecule has 7 rings (SSSR count). The zero-order valence-electron chi connectivity index (χ0n) is 26.7. The molecule has 0 atom stereocenters. The normalized spacial score (nSPS) is 12.3. The summed E-state index contributed by atoms with van der Waals surface area (Å²) in [4.78, 5) is 0. The second-order valence-electron chi connectivity index (χ2n) is 14.3.